The van der Waals surface area contributed by atoms with Crippen LogP contribution in [0.25, 0.3) is 0 Å². The van der Waals surface area contributed by atoms with Crippen molar-refractivity contribution in [2.45, 2.75) is 26.3 Å². The van der Waals surface area contributed by atoms with E-state index < -0.39 is 0 Å². The molecule has 1 aromatic carbocycles. The summed E-state index contributed by atoms with van der Waals surface area (Å²) in [5.41, 5.74) is 6.49. The fraction of sp³-hybridized carbons (Fsp3) is 0.455. The number of nitrogens with two attached hydrogens (primary N) is 1. The van der Waals surface area contributed by atoms with Gasteiger partial charge in [-0.05, 0) is 24.5 Å². The van der Waals surface area contributed by atoms with Gasteiger partial charge in [0.15, 0.2) is 0 Å². The second-order valence-corrected chi connectivity index (χ2v) is 4.82. The molecule has 0 aliphatic rings. The number of rotatable bonds is 3. The number of halogens is 3. The summed E-state index contributed by atoms with van der Waals surface area (Å²) in [7, 11) is 0. The maximum absolute atomic E-state index is 13.4. The van der Waals surface area contributed by atoms with Gasteiger partial charge in [-0.15, -0.1) is 12.4 Å². The van der Waals surface area contributed by atoms with E-state index in [0.717, 1.165) is 10.9 Å². The first kappa shape index (κ1) is 14.9. The summed E-state index contributed by atoms with van der Waals surface area (Å²) in [6.45, 7) is 4.16. The molecule has 0 aliphatic carbocycles. The van der Waals surface area contributed by atoms with Crippen molar-refractivity contribution in [2.75, 3.05) is 0 Å². The quantitative estimate of drug-likeness (QED) is 0.894. The van der Waals surface area contributed by atoms with Crippen molar-refractivity contribution < 1.29 is 4.39 Å². The van der Waals surface area contributed by atoms with Crippen molar-refractivity contribution in [3.8, 4) is 0 Å². The highest BCUT2D eigenvalue weighted by Crippen LogP contribution is 2.23. The second kappa shape index (κ2) is 6.46. The van der Waals surface area contributed by atoms with Gasteiger partial charge in [-0.2, -0.15) is 0 Å². The standard InChI is InChI=1S/C11H15BrFN.ClH/c1-7(2)5-11(14)9-4-3-8(12)6-10(9)13;/h3-4,6-7,11H,5,14H2,1-2H3;1H/t11-;/m0./s1. The lowest BCUT2D eigenvalue weighted by molar-refractivity contribution is 0.489. The third-order valence-electron chi connectivity index (χ3n) is 2.09. The van der Waals surface area contributed by atoms with E-state index in [4.69, 9.17) is 5.73 Å². The van der Waals surface area contributed by atoms with Crippen LogP contribution in [-0.4, -0.2) is 0 Å². The molecule has 4 heteroatoms. The van der Waals surface area contributed by atoms with Gasteiger partial charge in [-0.1, -0.05) is 35.8 Å². The molecule has 1 rings (SSSR count). The van der Waals surface area contributed by atoms with Crippen LogP contribution in [0.1, 0.15) is 31.9 Å². The number of hydrogen-bond acceptors (Lipinski definition) is 1. The van der Waals surface area contributed by atoms with Crippen LogP contribution in [0.15, 0.2) is 22.7 Å². The molecule has 0 saturated carbocycles. The Labute approximate surface area is 105 Å². The molecule has 1 nitrogen and oxygen atoms in total. The van der Waals surface area contributed by atoms with Crippen LogP contribution in [0.5, 0.6) is 0 Å². The Hall–Kier alpha value is -0.120. The van der Waals surface area contributed by atoms with E-state index in [1.807, 2.05) is 6.07 Å². The minimum atomic E-state index is -0.229. The van der Waals surface area contributed by atoms with Gasteiger partial charge < -0.3 is 5.73 Å². The van der Waals surface area contributed by atoms with Gasteiger partial charge in [0, 0.05) is 16.1 Å². The first-order chi connectivity index (χ1) is 6.50. The minimum absolute atomic E-state index is 0. The van der Waals surface area contributed by atoms with Gasteiger partial charge in [0.05, 0.1) is 0 Å². The third kappa shape index (κ3) is 4.49. The van der Waals surface area contributed by atoms with Gasteiger partial charge in [-0.3, -0.25) is 0 Å². The van der Waals surface area contributed by atoms with Gasteiger partial charge in [-0.25, -0.2) is 4.39 Å². The van der Waals surface area contributed by atoms with E-state index in [1.165, 1.54) is 6.07 Å². The Kier molecular flexibility index (Phi) is 6.41. The lowest BCUT2D eigenvalue weighted by atomic mass is 9.97. The maximum atomic E-state index is 13.4. The van der Waals surface area contributed by atoms with Crippen molar-refractivity contribution in [3.05, 3.63) is 34.1 Å². The predicted octanol–water partition coefficient (Wildman–Crippen LogP) is 4.06. The highest BCUT2D eigenvalue weighted by molar-refractivity contribution is 9.10. The zero-order chi connectivity index (χ0) is 10.7. The van der Waals surface area contributed by atoms with Gasteiger partial charge in [0.2, 0.25) is 0 Å². The van der Waals surface area contributed by atoms with E-state index in [-0.39, 0.29) is 24.3 Å². The Balaban J connectivity index is 0.00000196. The van der Waals surface area contributed by atoms with E-state index >= 15 is 0 Å². The maximum Gasteiger partial charge on any atom is 0.129 e. The van der Waals surface area contributed by atoms with Crippen LogP contribution in [0.2, 0.25) is 0 Å². The first-order valence-corrected chi connectivity index (χ1v) is 5.50. The largest absolute Gasteiger partial charge is 0.324 e. The van der Waals surface area contributed by atoms with Crippen LogP contribution in [-0.2, 0) is 0 Å². The molecule has 0 heterocycles. The highest BCUT2D eigenvalue weighted by atomic mass is 79.9. The summed E-state index contributed by atoms with van der Waals surface area (Å²) in [6.07, 6.45) is 0.804. The predicted molar refractivity (Wildman–Crippen MR) is 67.7 cm³/mol. The summed E-state index contributed by atoms with van der Waals surface area (Å²) < 4.78 is 14.2. The van der Waals surface area contributed by atoms with Crippen molar-refractivity contribution in [2.24, 2.45) is 11.7 Å². The Morgan fingerprint density at radius 3 is 2.47 bits per heavy atom. The van der Waals surface area contributed by atoms with E-state index in [0.29, 0.717) is 11.5 Å². The molecule has 86 valence electrons. The van der Waals surface area contributed by atoms with Gasteiger partial charge >= 0.3 is 0 Å². The second-order valence-electron chi connectivity index (χ2n) is 3.90. The average Bonchev–Trinajstić information content (AvgIpc) is 2.01. The molecule has 15 heavy (non-hydrogen) atoms. The van der Waals surface area contributed by atoms with Crippen molar-refractivity contribution in [3.63, 3.8) is 0 Å². The molecule has 0 radical (unpaired) electrons. The molecule has 1 aromatic rings. The lowest BCUT2D eigenvalue weighted by Gasteiger charge is -2.15. The first-order valence-electron chi connectivity index (χ1n) is 4.71. The molecule has 0 spiro atoms. The van der Waals surface area contributed by atoms with Crippen LogP contribution in [0.3, 0.4) is 0 Å². The normalized spacial score (nSPS) is 12.4. The van der Waals surface area contributed by atoms with E-state index in [1.54, 1.807) is 6.07 Å². The summed E-state index contributed by atoms with van der Waals surface area (Å²) in [5.74, 6) is 0.251. The fourth-order valence-electron chi connectivity index (χ4n) is 1.44. The third-order valence-corrected chi connectivity index (χ3v) is 2.58. The van der Waals surface area contributed by atoms with Crippen LogP contribution < -0.4 is 5.73 Å². The Morgan fingerprint density at radius 2 is 2.00 bits per heavy atom. The van der Waals surface area contributed by atoms with Crippen LogP contribution in [0, 0.1) is 11.7 Å². The number of benzene rings is 1. The molecular formula is C11H16BrClFN. The topological polar surface area (TPSA) is 26.0 Å². The summed E-state index contributed by atoms with van der Waals surface area (Å²) in [4.78, 5) is 0. The molecule has 0 bridgehead atoms. The zero-order valence-electron chi connectivity index (χ0n) is 8.84. The van der Waals surface area contributed by atoms with Crippen molar-refractivity contribution in [1.82, 2.24) is 0 Å². The van der Waals surface area contributed by atoms with E-state index in [9.17, 15) is 4.39 Å². The highest BCUT2D eigenvalue weighted by Gasteiger charge is 2.12. The van der Waals surface area contributed by atoms with Gasteiger partial charge in [0.25, 0.3) is 0 Å². The fourth-order valence-corrected chi connectivity index (χ4v) is 1.77. The molecule has 0 aromatic heterocycles. The molecular weight excluding hydrogens is 280 g/mol. The molecule has 0 saturated heterocycles. The monoisotopic (exact) mass is 295 g/mol. The van der Waals surface area contributed by atoms with Gasteiger partial charge in [0.1, 0.15) is 5.82 Å². The Bertz CT molecular complexity index is 317. The smallest absolute Gasteiger partial charge is 0.129 e. The Morgan fingerprint density at radius 1 is 1.40 bits per heavy atom. The number of hydrogen-bond donors (Lipinski definition) is 1. The summed E-state index contributed by atoms with van der Waals surface area (Å²) in [5, 5.41) is 0. The SMILES string of the molecule is CC(C)C[C@H](N)c1ccc(Br)cc1F.Cl. The summed E-state index contributed by atoms with van der Waals surface area (Å²) in [6, 6.07) is 4.81. The summed E-state index contributed by atoms with van der Waals surface area (Å²) >= 11 is 3.22. The van der Waals surface area contributed by atoms with Crippen LogP contribution >= 0.6 is 28.3 Å². The van der Waals surface area contributed by atoms with Crippen molar-refractivity contribution >= 4 is 28.3 Å². The van der Waals surface area contributed by atoms with Crippen LogP contribution in [0.4, 0.5) is 4.39 Å². The minimum Gasteiger partial charge on any atom is -0.324 e. The molecule has 2 N–H and O–H groups in total. The molecule has 0 unspecified atom stereocenters. The molecule has 0 fully saturated rings. The zero-order valence-corrected chi connectivity index (χ0v) is 11.2. The molecule has 0 aliphatic heterocycles. The average molecular weight is 297 g/mol. The molecule has 1 atom stereocenters. The molecule has 0 amide bonds. The lowest BCUT2D eigenvalue weighted by Crippen LogP contribution is -2.14. The van der Waals surface area contributed by atoms with E-state index in [2.05, 4.69) is 29.8 Å². The van der Waals surface area contributed by atoms with Crippen molar-refractivity contribution in [1.29, 1.82) is 0 Å².